The molecule has 0 saturated carbocycles. The average molecular weight is 539 g/mol. The molecule has 0 aliphatic heterocycles. The molecule has 1 N–H and O–H groups in total. The lowest BCUT2D eigenvalue weighted by Gasteiger charge is -2.17. The monoisotopic (exact) mass is 538 g/mol. The van der Waals surface area contributed by atoms with E-state index in [1.54, 1.807) is 14.2 Å². The Kier molecular flexibility index (Phi) is 8.78. The number of ether oxygens (including phenoxy) is 2. The number of nitrogens with zero attached hydrogens (tertiary/aromatic N) is 4. The highest BCUT2D eigenvalue weighted by Crippen LogP contribution is 2.42. The van der Waals surface area contributed by atoms with Crippen molar-refractivity contribution in [3.05, 3.63) is 90.5 Å². The molecule has 4 aromatic carbocycles. The van der Waals surface area contributed by atoms with Crippen LogP contribution in [0.15, 0.2) is 54.6 Å². The van der Waals surface area contributed by atoms with Crippen molar-refractivity contribution in [1.29, 1.82) is 0 Å². The summed E-state index contributed by atoms with van der Waals surface area (Å²) in [4.78, 5) is 30.0. The van der Waals surface area contributed by atoms with Crippen LogP contribution in [0, 0.1) is 30.3 Å². The van der Waals surface area contributed by atoms with Gasteiger partial charge in [-0.05, 0) is 48.3 Å². The van der Waals surface area contributed by atoms with Crippen LogP contribution in [0.1, 0.15) is 5.56 Å². The van der Waals surface area contributed by atoms with E-state index in [9.17, 15) is 30.3 Å². The van der Waals surface area contributed by atoms with Crippen LogP contribution in [0.2, 0.25) is 0 Å². The lowest BCUT2D eigenvalue weighted by molar-refractivity contribution is -0.404. The van der Waals surface area contributed by atoms with Crippen LogP contribution in [0.4, 0.5) is 17.1 Å². The first kappa shape index (κ1) is 28.5. The minimum atomic E-state index is -1.21. The highest BCUT2D eigenvalue weighted by atomic mass is 16.6. The number of nitro groups is 3. The van der Waals surface area contributed by atoms with E-state index in [0.29, 0.717) is 12.1 Å². The van der Waals surface area contributed by atoms with Gasteiger partial charge in [-0.25, -0.2) is 0 Å². The van der Waals surface area contributed by atoms with Crippen molar-refractivity contribution in [2.24, 2.45) is 0 Å². The van der Waals surface area contributed by atoms with Crippen molar-refractivity contribution < 1.29 is 29.4 Å². The van der Waals surface area contributed by atoms with E-state index in [0.717, 1.165) is 29.9 Å². The number of hydrogen-bond donors (Lipinski definition) is 1. The number of non-ortho nitro benzene ring substituents is 1. The van der Waals surface area contributed by atoms with Gasteiger partial charge in [-0.1, -0.05) is 36.4 Å². The number of aromatic hydroxyl groups is 1. The van der Waals surface area contributed by atoms with Crippen molar-refractivity contribution in [3.63, 3.8) is 0 Å². The van der Waals surface area contributed by atoms with Gasteiger partial charge >= 0.3 is 11.4 Å². The van der Waals surface area contributed by atoms with Gasteiger partial charge in [0.25, 0.3) is 11.4 Å². The van der Waals surface area contributed by atoms with Gasteiger partial charge in [-0.15, -0.1) is 0 Å². The molecule has 0 fully saturated rings. The summed E-state index contributed by atoms with van der Waals surface area (Å²) in [6, 6.07) is 15.8. The van der Waals surface area contributed by atoms with E-state index in [4.69, 9.17) is 14.6 Å². The standard InChI is InChI=1S/C20H23NO2.C6H3N3O7/c1-21(2)12-11-15-13-18(22-3)20(23-4)19-16-8-6-5-7-14(16)9-10-17(15)19;10-6-4(8(13)14)1-3(7(11)12)2-5(6)9(15)16/h5-10,13H,11-12H2,1-4H3;1-2,10H. The molecular formula is C26H26N4O9. The summed E-state index contributed by atoms with van der Waals surface area (Å²) >= 11 is 0. The van der Waals surface area contributed by atoms with Crippen molar-refractivity contribution in [3.8, 4) is 17.2 Å². The Hall–Kier alpha value is -5.04. The van der Waals surface area contributed by atoms with E-state index in [1.165, 1.54) is 21.7 Å². The second kappa shape index (κ2) is 12.0. The SMILES string of the molecule is COc1cc(CCN(C)C)c2ccc3ccccc3c2c1OC.O=[N+]([O-])c1cc([N+](=O)[O-])c(O)c([N+](=O)[O-])c1. The van der Waals surface area contributed by atoms with Crippen LogP contribution in [0.25, 0.3) is 21.5 Å². The number of hydrogen-bond acceptors (Lipinski definition) is 10. The third-order valence-electron chi connectivity index (χ3n) is 5.94. The lowest BCUT2D eigenvalue weighted by atomic mass is 9.95. The molecule has 0 saturated heterocycles. The number of methoxy groups -OCH3 is 2. The summed E-state index contributed by atoms with van der Waals surface area (Å²) in [5.41, 5.74) is -1.71. The van der Waals surface area contributed by atoms with Crippen molar-refractivity contribution in [2.75, 3.05) is 34.9 Å². The summed E-state index contributed by atoms with van der Waals surface area (Å²) in [5, 5.41) is 45.0. The minimum absolute atomic E-state index is 0.447. The predicted molar refractivity (Wildman–Crippen MR) is 145 cm³/mol. The second-order valence-corrected chi connectivity index (χ2v) is 8.64. The van der Waals surface area contributed by atoms with Crippen LogP contribution < -0.4 is 9.47 Å². The normalized spacial score (nSPS) is 10.7. The van der Waals surface area contributed by atoms with Crippen molar-refractivity contribution in [1.82, 2.24) is 4.90 Å². The number of fused-ring (bicyclic) bond motifs is 3. The molecule has 0 bridgehead atoms. The lowest BCUT2D eigenvalue weighted by Crippen LogP contribution is -2.15. The zero-order chi connectivity index (χ0) is 28.9. The molecule has 0 radical (unpaired) electrons. The molecule has 4 aromatic rings. The number of phenolic OH excluding ortho intramolecular Hbond substituents is 1. The Bertz CT molecular complexity index is 1540. The molecule has 0 heterocycles. The fraction of sp³-hybridized carbons (Fsp3) is 0.231. The van der Waals surface area contributed by atoms with Gasteiger partial charge in [0.15, 0.2) is 11.5 Å². The number of likely N-dealkylation sites (N-methyl/N-ethyl adjacent to an activating group) is 1. The van der Waals surface area contributed by atoms with E-state index in [1.807, 2.05) is 0 Å². The fourth-order valence-electron chi connectivity index (χ4n) is 4.09. The molecule has 13 heteroatoms. The molecule has 4 rings (SSSR count). The molecule has 0 atom stereocenters. The quantitative estimate of drug-likeness (QED) is 0.178. The summed E-state index contributed by atoms with van der Waals surface area (Å²) in [6.07, 6.45) is 0.974. The topological polar surface area (TPSA) is 171 Å². The Morgan fingerprint density at radius 1 is 0.821 bits per heavy atom. The molecule has 204 valence electrons. The van der Waals surface area contributed by atoms with Gasteiger partial charge in [0.1, 0.15) is 0 Å². The number of benzene rings is 4. The van der Waals surface area contributed by atoms with Crippen LogP contribution in [0.5, 0.6) is 17.2 Å². The first-order valence-electron chi connectivity index (χ1n) is 11.5. The van der Waals surface area contributed by atoms with Crippen LogP contribution in [-0.4, -0.2) is 59.6 Å². The summed E-state index contributed by atoms with van der Waals surface area (Å²) in [5.74, 6) is 0.401. The fourth-order valence-corrected chi connectivity index (χ4v) is 4.09. The Labute approximate surface area is 222 Å². The Morgan fingerprint density at radius 3 is 1.95 bits per heavy atom. The van der Waals surface area contributed by atoms with Gasteiger partial charge in [0.05, 0.1) is 41.1 Å². The second-order valence-electron chi connectivity index (χ2n) is 8.64. The van der Waals surface area contributed by atoms with E-state index >= 15 is 0 Å². The first-order valence-corrected chi connectivity index (χ1v) is 11.5. The smallest absolute Gasteiger partial charge is 0.324 e. The van der Waals surface area contributed by atoms with Crippen LogP contribution in [-0.2, 0) is 6.42 Å². The maximum absolute atomic E-state index is 10.4. The molecule has 0 aliphatic carbocycles. The minimum Gasteiger partial charge on any atom is -0.497 e. The largest absolute Gasteiger partial charge is 0.497 e. The third kappa shape index (κ3) is 6.10. The van der Waals surface area contributed by atoms with Crippen molar-refractivity contribution in [2.45, 2.75) is 6.42 Å². The number of rotatable bonds is 8. The first-order chi connectivity index (χ1) is 18.5. The third-order valence-corrected chi connectivity index (χ3v) is 5.94. The Morgan fingerprint density at radius 2 is 1.44 bits per heavy atom. The molecule has 0 spiro atoms. The van der Waals surface area contributed by atoms with Crippen LogP contribution in [0.3, 0.4) is 0 Å². The maximum Gasteiger partial charge on any atom is 0.324 e. The number of nitro benzene ring substituents is 3. The van der Waals surface area contributed by atoms with Gasteiger partial charge in [0, 0.05) is 11.9 Å². The zero-order valence-electron chi connectivity index (χ0n) is 21.6. The maximum atomic E-state index is 10.4. The van der Waals surface area contributed by atoms with E-state index in [-0.39, 0.29) is 0 Å². The molecule has 0 unspecified atom stereocenters. The van der Waals surface area contributed by atoms with Crippen LogP contribution >= 0.6 is 0 Å². The molecular weight excluding hydrogens is 512 g/mol. The molecule has 0 amide bonds. The average Bonchev–Trinajstić information content (AvgIpc) is 2.90. The van der Waals surface area contributed by atoms with E-state index in [2.05, 4.69) is 61.5 Å². The molecule has 13 nitrogen and oxygen atoms in total. The van der Waals surface area contributed by atoms with Gasteiger partial charge in [-0.3, -0.25) is 30.3 Å². The Balaban J connectivity index is 0.000000231. The highest BCUT2D eigenvalue weighted by molar-refractivity contribution is 6.12. The predicted octanol–water partition coefficient (Wildman–Crippen LogP) is 5.23. The molecule has 0 aromatic heterocycles. The summed E-state index contributed by atoms with van der Waals surface area (Å²) in [7, 11) is 7.60. The van der Waals surface area contributed by atoms with Gasteiger partial charge < -0.3 is 19.5 Å². The summed E-state index contributed by atoms with van der Waals surface area (Å²) in [6.45, 7) is 0.997. The highest BCUT2D eigenvalue weighted by Gasteiger charge is 2.30. The zero-order valence-corrected chi connectivity index (χ0v) is 21.6. The van der Waals surface area contributed by atoms with Crippen molar-refractivity contribution >= 4 is 38.6 Å². The van der Waals surface area contributed by atoms with Gasteiger partial charge in [0.2, 0.25) is 0 Å². The summed E-state index contributed by atoms with van der Waals surface area (Å²) < 4.78 is 11.3. The van der Waals surface area contributed by atoms with E-state index < -0.39 is 37.6 Å². The van der Waals surface area contributed by atoms with Gasteiger partial charge in [-0.2, -0.15) is 0 Å². The molecule has 39 heavy (non-hydrogen) atoms. The number of phenols is 1. The molecule has 0 aliphatic rings.